The maximum absolute atomic E-state index is 5.59. The quantitative estimate of drug-likeness (QED) is 0.654. The lowest BCUT2D eigenvalue weighted by Crippen LogP contribution is -2.10. The molecule has 0 saturated heterocycles. The maximum atomic E-state index is 5.59. The van der Waals surface area contributed by atoms with Crippen LogP contribution in [0, 0.1) is 11.8 Å². The Kier molecular flexibility index (Phi) is 2.66. The fraction of sp³-hybridized carbons (Fsp3) is 0.154. The van der Waals surface area contributed by atoms with E-state index >= 15 is 0 Å². The van der Waals surface area contributed by atoms with Crippen molar-refractivity contribution in [1.82, 2.24) is 4.98 Å². The molecule has 0 amide bonds. The summed E-state index contributed by atoms with van der Waals surface area (Å²) in [6.07, 6.45) is 1.78. The molecule has 0 aliphatic rings. The van der Waals surface area contributed by atoms with Gasteiger partial charge in [-0.2, -0.15) is 0 Å². The van der Waals surface area contributed by atoms with Crippen LogP contribution >= 0.6 is 0 Å². The van der Waals surface area contributed by atoms with E-state index in [0.29, 0.717) is 0 Å². The molecule has 1 unspecified atom stereocenters. The summed E-state index contributed by atoms with van der Waals surface area (Å²) in [4.78, 5) is 4.32. The Bertz CT molecular complexity index is 527. The first-order valence-corrected chi connectivity index (χ1v) is 4.88. The first-order valence-electron chi connectivity index (χ1n) is 4.88. The van der Waals surface area contributed by atoms with Gasteiger partial charge in [-0.1, -0.05) is 30.0 Å². The topological polar surface area (TPSA) is 38.9 Å². The van der Waals surface area contributed by atoms with Crippen molar-refractivity contribution in [3.63, 3.8) is 0 Å². The fourth-order valence-electron chi connectivity index (χ4n) is 1.40. The molecule has 2 nitrogen and oxygen atoms in total. The normalized spacial score (nSPS) is 11.9. The van der Waals surface area contributed by atoms with Crippen molar-refractivity contribution in [1.29, 1.82) is 0 Å². The van der Waals surface area contributed by atoms with Crippen molar-refractivity contribution in [2.75, 3.05) is 0 Å². The number of para-hydroxylation sites is 1. The highest BCUT2D eigenvalue weighted by Gasteiger charge is 1.97. The fourth-order valence-corrected chi connectivity index (χ4v) is 1.40. The Morgan fingerprint density at radius 1 is 1.27 bits per heavy atom. The minimum Gasteiger partial charge on any atom is -0.318 e. The number of hydrogen-bond donors (Lipinski definition) is 1. The molecule has 1 atom stereocenters. The second-order valence-electron chi connectivity index (χ2n) is 3.44. The van der Waals surface area contributed by atoms with Gasteiger partial charge in [0, 0.05) is 11.6 Å². The van der Waals surface area contributed by atoms with Crippen molar-refractivity contribution >= 4 is 10.9 Å². The molecule has 0 aliphatic heterocycles. The van der Waals surface area contributed by atoms with Gasteiger partial charge in [0.05, 0.1) is 17.1 Å². The molecule has 1 aromatic heterocycles. The van der Waals surface area contributed by atoms with Crippen LogP contribution in [-0.2, 0) is 0 Å². The van der Waals surface area contributed by atoms with Crippen LogP contribution in [0.1, 0.15) is 12.5 Å². The Morgan fingerprint density at radius 3 is 2.87 bits per heavy atom. The minimum absolute atomic E-state index is 0.107. The molecule has 2 heteroatoms. The highest BCUT2D eigenvalue weighted by atomic mass is 14.6. The molecular formula is C13H12N2. The molecule has 2 rings (SSSR count). The number of aromatic nitrogens is 1. The van der Waals surface area contributed by atoms with Gasteiger partial charge >= 0.3 is 0 Å². The van der Waals surface area contributed by atoms with E-state index in [1.54, 1.807) is 6.20 Å². The third-order valence-corrected chi connectivity index (χ3v) is 2.07. The molecule has 1 heterocycles. The number of nitrogens with two attached hydrogens (primary N) is 1. The second-order valence-corrected chi connectivity index (χ2v) is 3.44. The number of pyridine rings is 1. The highest BCUT2D eigenvalue weighted by Crippen LogP contribution is 2.14. The average Bonchev–Trinajstić information content (AvgIpc) is 2.26. The third-order valence-electron chi connectivity index (χ3n) is 2.07. The van der Waals surface area contributed by atoms with E-state index in [9.17, 15) is 0 Å². The predicted octanol–water partition coefficient (Wildman–Crippen LogP) is 1.93. The Balaban J connectivity index is 2.58. The molecule has 0 radical (unpaired) electrons. The molecule has 1 aromatic carbocycles. The first-order chi connectivity index (χ1) is 7.27. The third kappa shape index (κ3) is 2.15. The largest absolute Gasteiger partial charge is 0.318 e. The molecule has 0 fully saturated rings. The lowest BCUT2D eigenvalue weighted by molar-refractivity contribution is 0.959. The van der Waals surface area contributed by atoms with E-state index < -0.39 is 0 Å². The summed E-state index contributed by atoms with van der Waals surface area (Å²) in [6, 6.07) is 9.81. The van der Waals surface area contributed by atoms with Crippen LogP contribution in [0.4, 0.5) is 0 Å². The van der Waals surface area contributed by atoms with Gasteiger partial charge in [-0.25, -0.2) is 0 Å². The summed E-state index contributed by atoms with van der Waals surface area (Å²) in [7, 11) is 0. The second kappa shape index (κ2) is 4.12. The molecule has 2 aromatic rings. The lowest BCUT2D eigenvalue weighted by Gasteiger charge is -1.98. The molecule has 0 aliphatic carbocycles. The van der Waals surface area contributed by atoms with Crippen molar-refractivity contribution in [2.45, 2.75) is 13.0 Å². The van der Waals surface area contributed by atoms with Gasteiger partial charge in [0.25, 0.3) is 0 Å². The summed E-state index contributed by atoms with van der Waals surface area (Å²) in [5.74, 6) is 5.99. The number of rotatable bonds is 0. The zero-order chi connectivity index (χ0) is 10.7. The standard InChI is InChI=1S/C13H12N2/c1-10(14)7-8-12-5-2-4-11-6-3-9-15-13(11)12/h2-6,9-10H,14H2,1H3. The van der Waals surface area contributed by atoms with E-state index in [0.717, 1.165) is 16.5 Å². The SMILES string of the molecule is CC(N)C#Cc1cccc2cccnc12. The number of fused-ring (bicyclic) bond motifs is 1. The smallest absolute Gasteiger partial charge is 0.0858 e. The van der Waals surface area contributed by atoms with Crippen LogP contribution in [0.25, 0.3) is 10.9 Å². The summed E-state index contributed by atoms with van der Waals surface area (Å²) in [5, 5.41) is 1.11. The van der Waals surface area contributed by atoms with E-state index in [1.165, 1.54) is 0 Å². The summed E-state index contributed by atoms with van der Waals surface area (Å²) < 4.78 is 0. The van der Waals surface area contributed by atoms with Crippen molar-refractivity contribution in [3.05, 3.63) is 42.1 Å². The average molecular weight is 196 g/mol. The van der Waals surface area contributed by atoms with Gasteiger partial charge in [0.2, 0.25) is 0 Å². The van der Waals surface area contributed by atoms with E-state index in [-0.39, 0.29) is 6.04 Å². The maximum Gasteiger partial charge on any atom is 0.0858 e. The van der Waals surface area contributed by atoms with Gasteiger partial charge in [-0.15, -0.1) is 0 Å². The van der Waals surface area contributed by atoms with Crippen molar-refractivity contribution in [2.24, 2.45) is 5.73 Å². The lowest BCUT2D eigenvalue weighted by atomic mass is 10.1. The van der Waals surface area contributed by atoms with Crippen LogP contribution in [0.5, 0.6) is 0 Å². The number of benzene rings is 1. The Morgan fingerprint density at radius 2 is 2.07 bits per heavy atom. The molecule has 0 saturated carbocycles. The summed E-state index contributed by atoms with van der Waals surface area (Å²) in [5.41, 5.74) is 7.46. The highest BCUT2D eigenvalue weighted by molar-refractivity contribution is 5.84. The van der Waals surface area contributed by atoms with Crippen LogP contribution in [0.3, 0.4) is 0 Å². The number of nitrogens with zero attached hydrogens (tertiary/aromatic N) is 1. The molecular weight excluding hydrogens is 184 g/mol. The van der Waals surface area contributed by atoms with Gasteiger partial charge < -0.3 is 5.73 Å². The van der Waals surface area contributed by atoms with Crippen LogP contribution in [-0.4, -0.2) is 11.0 Å². The molecule has 0 bridgehead atoms. The number of hydrogen-bond acceptors (Lipinski definition) is 2. The summed E-state index contributed by atoms with van der Waals surface area (Å²) in [6.45, 7) is 1.87. The predicted molar refractivity (Wildman–Crippen MR) is 62.3 cm³/mol. The van der Waals surface area contributed by atoms with Gasteiger partial charge in [0.1, 0.15) is 0 Å². The molecule has 2 N–H and O–H groups in total. The first kappa shape index (κ1) is 9.70. The zero-order valence-electron chi connectivity index (χ0n) is 8.57. The van der Waals surface area contributed by atoms with Crippen LogP contribution in [0.15, 0.2) is 36.5 Å². The van der Waals surface area contributed by atoms with Crippen molar-refractivity contribution < 1.29 is 0 Å². The minimum atomic E-state index is -0.107. The zero-order valence-corrected chi connectivity index (χ0v) is 8.57. The van der Waals surface area contributed by atoms with Crippen molar-refractivity contribution in [3.8, 4) is 11.8 Å². The molecule has 74 valence electrons. The summed E-state index contributed by atoms with van der Waals surface area (Å²) >= 11 is 0. The monoisotopic (exact) mass is 196 g/mol. The van der Waals surface area contributed by atoms with E-state index in [2.05, 4.69) is 16.8 Å². The van der Waals surface area contributed by atoms with Crippen LogP contribution in [0.2, 0.25) is 0 Å². The van der Waals surface area contributed by atoms with Gasteiger partial charge in [-0.05, 0) is 19.1 Å². The molecule has 0 spiro atoms. The van der Waals surface area contributed by atoms with Crippen LogP contribution < -0.4 is 5.73 Å². The van der Waals surface area contributed by atoms with Gasteiger partial charge in [0.15, 0.2) is 0 Å². The Labute approximate surface area is 89.1 Å². The Hall–Kier alpha value is -1.85. The van der Waals surface area contributed by atoms with Gasteiger partial charge in [-0.3, -0.25) is 4.98 Å². The molecule has 15 heavy (non-hydrogen) atoms. The van der Waals surface area contributed by atoms with E-state index in [4.69, 9.17) is 5.73 Å². The van der Waals surface area contributed by atoms with E-state index in [1.807, 2.05) is 37.3 Å².